The molecule has 4 aromatic carbocycles. The summed E-state index contributed by atoms with van der Waals surface area (Å²) in [4.78, 5) is 93.5. The molecule has 5 aromatic rings. The van der Waals surface area contributed by atoms with Gasteiger partial charge < -0.3 is 54.8 Å². The van der Waals surface area contributed by atoms with Gasteiger partial charge in [0, 0.05) is 83.1 Å². The first-order valence-corrected chi connectivity index (χ1v) is 27.1. The number of nitrogens with two attached hydrogens (primary N) is 1. The molecule has 402 valence electrons. The van der Waals surface area contributed by atoms with Crippen LogP contribution in [0.2, 0.25) is 0 Å². The molecule has 0 saturated carbocycles. The molecule has 1 aromatic heterocycles. The van der Waals surface area contributed by atoms with Gasteiger partial charge in [-0.05, 0) is 58.7 Å². The van der Waals surface area contributed by atoms with E-state index in [1.165, 1.54) is 24.4 Å². The molecule has 1 fully saturated rings. The van der Waals surface area contributed by atoms with Crippen molar-refractivity contribution in [1.29, 1.82) is 0 Å². The van der Waals surface area contributed by atoms with E-state index in [1.54, 1.807) is 45.0 Å². The average molecular weight is 1110 g/mol. The van der Waals surface area contributed by atoms with Gasteiger partial charge in [0.05, 0.1) is 42.5 Å². The fourth-order valence-corrected chi connectivity index (χ4v) is 11.2. The summed E-state index contributed by atoms with van der Waals surface area (Å²) in [5.74, 6) is 6.00. The van der Waals surface area contributed by atoms with E-state index in [9.17, 15) is 53.1 Å². The number of aliphatic hydroxyl groups is 1. The molecule has 0 aliphatic carbocycles. The summed E-state index contributed by atoms with van der Waals surface area (Å²) in [6.07, 6.45) is -3.65. The van der Waals surface area contributed by atoms with E-state index < -0.39 is 76.5 Å². The van der Waals surface area contributed by atoms with Crippen LogP contribution in [-0.4, -0.2) is 90.8 Å². The third-order valence-electron chi connectivity index (χ3n) is 11.7. The summed E-state index contributed by atoms with van der Waals surface area (Å²) in [6.45, 7) is 7.81. The highest BCUT2D eigenvalue weighted by Gasteiger charge is 2.43. The lowest BCUT2D eigenvalue weighted by Crippen LogP contribution is -2.30. The summed E-state index contributed by atoms with van der Waals surface area (Å²) in [6, 6.07) is 20.2. The number of nitro benzene ring substituents is 1. The molecule has 8 N–H and O–H groups in total. The lowest BCUT2D eigenvalue weighted by Gasteiger charge is -2.31. The van der Waals surface area contributed by atoms with Crippen LogP contribution in [0.1, 0.15) is 88.1 Å². The Labute approximate surface area is 432 Å². The van der Waals surface area contributed by atoms with E-state index >= 15 is 0 Å². The summed E-state index contributed by atoms with van der Waals surface area (Å²) in [5.41, 5.74) is 7.87. The predicted molar refractivity (Wildman–Crippen MR) is 272 cm³/mol. The van der Waals surface area contributed by atoms with Crippen molar-refractivity contribution in [3.63, 3.8) is 0 Å². The number of carbonyl (C=O) groups is 2. The summed E-state index contributed by atoms with van der Waals surface area (Å²) >= 11 is 0. The zero-order valence-corrected chi connectivity index (χ0v) is 43.8. The van der Waals surface area contributed by atoms with Crippen LogP contribution in [0.15, 0.2) is 83.8 Å². The van der Waals surface area contributed by atoms with Gasteiger partial charge in [0.1, 0.15) is 29.6 Å². The molecular weight excluding hydrogens is 1060 g/mol. The van der Waals surface area contributed by atoms with Crippen LogP contribution in [0.4, 0.5) is 17.2 Å². The molecule has 2 aliphatic heterocycles. The van der Waals surface area contributed by atoms with Gasteiger partial charge in [-0.15, -0.1) is 0 Å². The number of aromatic nitrogens is 2. The normalized spacial score (nSPS) is 18.1. The minimum Gasteiger partial charge on any atom is -0.456 e. The number of phosphoric acid groups is 3. The smallest absolute Gasteiger partial charge is 0.456 e. The van der Waals surface area contributed by atoms with Crippen molar-refractivity contribution in [2.75, 3.05) is 37.9 Å². The number of nitrogen functional groups attached to an aromatic ring is 1. The number of aliphatic hydroxyl groups excluding tert-OH is 1. The highest BCUT2D eigenvalue weighted by Crippen LogP contribution is 2.66. The number of carbonyl (C=O) groups excluding carboxylic acids is 2. The molecule has 2 unspecified atom stereocenters. The second kappa shape index (κ2) is 22.5. The minimum atomic E-state index is -5.82. The number of rotatable bonds is 18. The Morgan fingerprint density at radius 1 is 1.03 bits per heavy atom. The zero-order chi connectivity index (χ0) is 55.7. The van der Waals surface area contributed by atoms with Gasteiger partial charge in [0.15, 0.2) is 6.29 Å². The Morgan fingerprint density at radius 2 is 1.76 bits per heavy atom. The maximum atomic E-state index is 13.6. The first-order valence-electron chi connectivity index (χ1n) is 22.6. The standard InChI is InChI=1S/C48H51N6O19P3/c1-27-9-14-34-39(18-27)70-40-21-32(52(5)6)13-16-35(40)43(34)36-20-29(11-12-30(36)24-55)46(57)50-17-7-8-28-10-15-33(37(19-28)54(59)60)44(48(2,3)4)68-25-31-23-53(47(58)51-45(31)49)42-22-38(56)41(71-42)26-69-75(64,65)73-76(66,67)72-74(61,62)63/h9-16,18-21,23-24,38,41-42,44,56H,1,17,22,25-26H2,2-6H3,(H,50,57)(H,64,65)(H,66,67)(H2,49,51,58)(H2,61,62,63)/t38-,41-,42-,44+/m1/s1. The Bertz CT molecular complexity index is 3530. The first kappa shape index (κ1) is 57.0. The Kier molecular flexibility index (Phi) is 16.9. The maximum absolute atomic E-state index is 13.6. The molecule has 25 nitrogen and oxygen atoms in total. The quantitative estimate of drug-likeness (QED) is 0.0205. The molecule has 28 heteroatoms. The number of fused-ring (bicyclic) bond motifs is 2. The van der Waals surface area contributed by atoms with E-state index in [1.807, 2.05) is 49.3 Å². The van der Waals surface area contributed by atoms with Crippen LogP contribution in [0, 0.1) is 27.4 Å². The summed E-state index contributed by atoms with van der Waals surface area (Å²) in [5, 5.41) is 27.4. The Hall–Kier alpha value is -6.71. The van der Waals surface area contributed by atoms with Gasteiger partial charge >= 0.3 is 29.2 Å². The number of phosphoric ester groups is 1. The molecule has 6 atom stereocenters. The number of nitrogens with one attached hydrogen (secondary N) is 1. The lowest BCUT2D eigenvalue weighted by molar-refractivity contribution is -0.386. The fourth-order valence-electron chi connectivity index (χ4n) is 8.21. The summed E-state index contributed by atoms with van der Waals surface area (Å²) < 4.78 is 65.9. The number of hydrogen-bond donors (Lipinski definition) is 7. The Morgan fingerprint density at radius 3 is 2.43 bits per heavy atom. The number of hydrogen-bond acceptors (Lipinski definition) is 18. The average Bonchev–Trinajstić information content (AvgIpc) is 3.71. The van der Waals surface area contributed by atoms with E-state index in [-0.39, 0.29) is 53.3 Å². The van der Waals surface area contributed by atoms with Crippen molar-refractivity contribution in [3.8, 4) is 23.3 Å². The van der Waals surface area contributed by atoms with Gasteiger partial charge in [-0.2, -0.15) is 13.6 Å². The number of ether oxygens (including phenoxy) is 3. The molecule has 1 amide bonds. The molecule has 1 saturated heterocycles. The largest absolute Gasteiger partial charge is 0.490 e. The molecular formula is C48H51N6O19P3. The second-order valence-corrected chi connectivity index (χ2v) is 23.0. The van der Waals surface area contributed by atoms with Gasteiger partial charge in [0.2, 0.25) is 0 Å². The number of aldehydes is 1. The van der Waals surface area contributed by atoms with E-state index in [0.29, 0.717) is 39.0 Å². The van der Waals surface area contributed by atoms with Gasteiger partial charge in [-0.1, -0.05) is 57.4 Å². The third-order valence-corrected chi connectivity index (χ3v) is 15.5. The molecule has 3 heterocycles. The zero-order valence-electron chi connectivity index (χ0n) is 41.1. The molecule has 2 aliphatic rings. The highest BCUT2D eigenvalue weighted by molar-refractivity contribution is 7.66. The van der Waals surface area contributed by atoms with Crippen LogP contribution >= 0.6 is 23.5 Å². The van der Waals surface area contributed by atoms with Gasteiger partial charge in [-0.3, -0.25) is 28.8 Å². The van der Waals surface area contributed by atoms with E-state index in [0.717, 1.165) is 21.8 Å². The van der Waals surface area contributed by atoms with Crippen molar-refractivity contribution in [3.05, 3.63) is 149 Å². The van der Waals surface area contributed by atoms with E-state index in [4.69, 9.17) is 29.7 Å². The van der Waals surface area contributed by atoms with Gasteiger partial charge in [0.25, 0.3) is 11.6 Å². The second-order valence-electron chi connectivity index (χ2n) is 18.5. The number of nitrogens with zero attached hydrogens (tertiary/aromatic N) is 4. The minimum absolute atomic E-state index is 0.108. The monoisotopic (exact) mass is 1110 g/mol. The molecule has 7 rings (SSSR count). The topological polar surface area (TPSA) is 361 Å². The number of benzene rings is 4. The molecule has 76 heavy (non-hydrogen) atoms. The van der Waals surface area contributed by atoms with Crippen molar-refractivity contribution in [2.24, 2.45) is 5.41 Å². The molecule has 0 bridgehead atoms. The SMILES string of the molecule is C=c1ccc2c(c1)Oc1cc(N(C)C)ccc1C=2c1cc(C(=O)NCC#Cc2ccc([C@H](OCc3cn([C@H]4C[C@@H](O)[C@@H](COP(=O)(O)OP(=O)(O)OP(=O)(O)O)O4)c(=O)nc3N)C(C)(C)C)c([N+](=O)[O-])c2)ccc1C=O. The van der Waals surface area contributed by atoms with Crippen LogP contribution in [0.5, 0.6) is 11.5 Å². The number of nitro groups is 1. The lowest BCUT2D eigenvalue weighted by atomic mass is 9.83. The summed E-state index contributed by atoms with van der Waals surface area (Å²) in [7, 11) is -13.2. The van der Waals surface area contributed by atoms with E-state index in [2.05, 4.69) is 41.9 Å². The van der Waals surface area contributed by atoms with Crippen LogP contribution in [-0.2, 0) is 42.9 Å². The first-order chi connectivity index (χ1) is 35.5. The molecule has 0 spiro atoms. The highest BCUT2D eigenvalue weighted by atomic mass is 31.3. The van der Waals surface area contributed by atoms with Gasteiger partial charge in [-0.25, -0.2) is 18.5 Å². The maximum Gasteiger partial charge on any atom is 0.490 e. The molecule has 0 radical (unpaired) electrons. The third kappa shape index (κ3) is 13.6. The van der Waals surface area contributed by atoms with Crippen molar-refractivity contribution in [2.45, 2.75) is 58.3 Å². The predicted octanol–water partition coefficient (Wildman–Crippen LogP) is 4.45. The number of amides is 1. The van der Waals surface area contributed by atoms with Crippen molar-refractivity contribution in [1.82, 2.24) is 14.9 Å². The van der Waals surface area contributed by atoms with Crippen molar-refractivity contribution < 1.29 is 80.2 Å². The van der Waals surface area contributed by atoms with Crippen molar-refractivity contribution >= 4 is 65.0 Å². The van der Waals surface area contributed by atoms with Crippen LogP contribution in [0.3, 0.4) is 0 Å². The van der Waals surface area contributed by atoms with Crippen LogP contribution in [0.25, 0.3) is 12.2 Å². The Balaban J connectivity index is 1.04. The number of anilines is 2. The van der Waals surface area contributed by atoms with Crippen LogP contribution < -0.4 is 36.8 Å². The fraction of sp³-hybridized carbons (Fsp3) is 0.292.